The summed E-state index contributed by atoms with van der Waals surface area (Å²) in [6, 6.07) is 8.25. The number of aromatic hydroxyl groups is 1. The number of alkyl halides is 3. The number of hydrogen-bond donors (Lipinski definition) is 1. The van der Waals surface area contributed by atoms with Gasteiger partial charge in [0.1, 0.15) is 12.3 Å². The van der Waals surface area contributed by atoms with Crippen LogP contribution in [-0.2, 0) is 15.8 Å². The van der Waals surface area contributed by atoms with Crippen molar-refractivity contribution in [2.45, 2.75) is 20.0 Å². The molecule has 0 unspecified atom stereocenters. The number of hydrogen-bond acceptors (Lipinski definition) is 7. The van der Waals surface area contributed by atoms with Crippen molar-refractivity contribution in [3.63, 3.8) is 0 Å². The van der Waals surface area contributed by atoms with Gasteiger partial charge < -0.3 is 5.11 Å². The van der Waals surface area contributed by atoms with Gasteiger partial charge in [0.05, 0.1) is 15.3 Å². The van der Waals surface area contributed by atoms with Crippen LogP contribution in [0, 0.1) is 6.92 Å². The Morgan fingerprint density at radius 2 is 1.74 bits per heavy atom. The van der Waals surface area contributed by atoms with Crippen LogP contribution >= 0.6 is 22.7 Å². The van der Waals surface area contributed by atoms with Crippen LogP contribution < -0.4 is 0 Å². The van der Waals surface area contributed by atoms with Crippen molar-refractivity contribution < 1.29 is 32.7 Å². The van der Waals surface area contributed by atoms with Gasteiger partial charge in [0, 0.05) is 21.5 Å². The SMILES string of the molecule is CC(=NCC(=O)c1ccc(C)s1)c1csc(-c2ccc(C(F)(F)F)cc2)c1O.O=C=O. The number of thiophene rings is 2. The molecule has 1 N–H and O–H groups in total. The molecule has 3 rings (SSSR count). The van der Waals surface area contributed by atoms with Crippen LogP contribution in [0.25, 0.3) is 10.4 Å². The molecule has 0 atom stereocenters. The molecule has 0 radical (unpaired) electrons. The van der Waals surface area contributed by atoms with E-state index in [2.05, 4.69) is 4.99 Å². The van der Waals surface area contributed by atoms with Crippen LogP contribution in [0.1, 0.15) is 32.6 Å². The third-order valence-electron chi connectivity index (χ3n) is 4.10. The first-order chi connectivity index (χ1) is 14.6. The highest BCUT2D eigenvalue weighted by Gasteiger charge is 2.30. The van der Waals surface area contributed by atoms with E-state index >= 15 is 0 Å². The maximum Gasteiger partial charge on any atom is 0.416 e. The smallest absolute Gasteiger partial charge is 0.416 e. The minimum absolute atomic E-state index is 0.0311. The van der Waals surface area contributed by atoms with Gasteiger partial charge >= 0.3 is 12.3 Å². The zero-order chi connectivity index (χ0) is 23.2. The van der Waals surface area contributed by atoms with Crippen molar-refractivity contribution in [2.24, 2.45) is 4.99 Å². The number of aryl methyl sites for hydroxylation is 1. The van der Waals surface area contributed by atoms with Crippen molar-refractivity contribution in [3.8, 4) is 16.2 Å². The predicted molar refractivity (Wildman–Crippen MR) is 112 cm³/mol. The van der Waals surface area contributed by atoms with E-state index in [0.717, 1.165) is 17.0 Å². The van der Waals surface area contributed by atoms with Crippen molar-refractivity contribution in [2.75, 3.05) is 6.54 Å². The third kappa shape index (κ3) is 6.21. The fraction of sp³-hybridized carbons (Fsp3) is 0.190. The molecule has 2 aromatic heterocycles. The van der Waals surface area contributed by atoms with E-state index in [1.807, 2.05) is 13.0 Å². The zero-order valence-corrected chi connectivity index (χ0v) is 18.0. The molecular formula is C21H16F3NO4S2. The molecule has 162 valence electrons. The van der Waals surface area contributed by atoms with E-state index in [-0.39, 0.29) is 24.2 Å². The van der Waals surface area contributed by atoms with E-state index in [1.165, 1.54) is 34.8 Å². The van der Waals surface area contributed by atoms with E-state index in [4.69, 9.17) is 9.59 Å². The van der Waals surface area contributed by atoms with Crippen LogP contribution in [0.5, 0.6) is 5.75 Å². The van der Waals surface area contributed by atoms with Crippen molar-refractivity contribution in [3.05, 3.63) is 62.7 Å². The summed E-state index contributed by atoms with van der Waals surface area (Å²) in [7, 11) is 0. The average molecular weight is 467 g/mol. The molecule has 2 heterocycles. The summed E-state index contributed by atoms with van der Waals surface area (Å²) in [6.07, 6.45) is -4.15. The highest BCUT2D eigenvalue weighted by Crippen LogP contribution is 2.40. The maximum absolute atomic E-state index is 12.7. The van der Waals surface area contributed by atoms with Crippen LogP contribution in [0.4, 0.5) is 13.2 Å². The van der Waals surface area contributed by atoms with Gasteiger partial charge in [-0.25, -0.2) is 0 Å². The lowest BCUT2D eigenvalue weighted by Crippen LogP contribution is -2.04. The van der Waals surface area contributed by atoms with Gasteiger partial charge in [-0.2, -0.15) is 22.8 Å². The summed E-state index contributed by atoms with van der Waals surface area (Å²) >= 11 is 2.61. The average Bonchev–Trinajstić information content (AvgIpc) is 3.32. The molecule has 0 fully saturated rings. The Morgan fingerprint density at radius 1 is 1.13 bits per heavy atom. The summed E-state index contributed by atoms with van der Waals surface area (Å²) in [6.45, 7) is 3.57. The first-order valence-corrected chi connectivity index (χ1v) is 10.4. The van der Waals surface area contributed by atoms with E-state index in [9.17, 15) is 23.1 Å². The number of halogens is 3. The summed E-state index contributed by atoms with van der Waals surface area (Å²) in [4.78, 5) is 34.8. The van der Waals surface area contributed by atoms with Gasteiger partial charge in [-0.3, -0.25) is 9.79 Å². The molecule has 10 heteroatoms. The summed E-state index contributed by atoms with van der Waals surface area (Å²) in [5, 5.41) is 12.2. The topological polar surface area (TPSA) is 83.8 Å². The summed E-state index contributed by atoms with van der Waals surface area (Å²) in [5.74, 6) is -0.152. The molecule has 0 aliphatic heterocycles. The van der Waals surface area contributed by atoms with Crippen LogP contribution in [0.2, 0.25) is 0 Å². The number of rotatable bonds is 5. The number of ketones is 1. The number of Topliss-reactive ketones (excluding diaryl/α,β-unsaturated/α-hetero) is 1. The second kappa shape index (κ2) is 10.3. The van der Waals surface area contributed by atoms with E-state index in [1.54, 1.807) is 18.4 Å². The Kier molecular flexibility index (Phi) is 8.04. The van der Waals surface area contributed by atoms with Gasteiger partial charge in [-0.05, 0) is 43.7 Å². The second-order valence-electron chi connectivity index (χ2n) is 6.22. The second-order valence-corrected chi connectivity index (χ2v) is 8.39. The van der Waals surface area contributed by atoms with Gasteiger partial charge in [0.2, 0.25) is 0 Å². The maximum atomic E-state index is 12.7. The number of aliphatic imine (C=N–C) groups is 1. The lowest BCUT2D eigenvalue weighted by Gasteiger charge is -2.07. The molecule has 0 aliphatic rings. The fourth-order valence-corrected chi connectivity index (χ4v) is 4.37. The Labute approximate surface area is 183 Å². The van der Waals surface area contributed by atoms with Gasteiger partial charge in [0.15, 0.2) is 5.78 Å². The molecule has 31 heavy (non-hydrogen) atoms. The Bertz CT molecular complexity index is 1120. The Balaban J connectivity index is 0.00000107. The highest BCUT2D eigenvalue weighted by molar-refractivity contribution is 7.14. The number of carbonyl (C=O) groups is 1. The fourth-order valence-electron chi connectivity index (χ4n) is 2.56. The lowest BCUT2D eigenvalue weighted by atomic mass is 10.1. The molecule has 0 saturated carbocycles. The predicted octanol–water partition coefficient (Wildman–Crippen LogP) is 5.62. The van der Waals surface area contributed by atoms with Gasteiger partial charge in [0.25, 0.3) is 0 Å². The Hall–Kier alpha value is -3.07. The van der Waals surface area contributed by atoms with Crippen molar-refractivity contribution >= 4 is 40.3 Å². The molecule has 0 spiro atoms. The molecule has 5 nitrogen and oxygen atoms in total. The van der Waals surface area contributed by atoms with Crippen molar-refractivity contribution in [1.82, 2.24) is 0 Å². The van der Waals surface area contributed by atoms with Crippen LogP contribution in [-0.4, -0.2) is 29.3 Å². The number of nitrogens with zero attached hydrogens (tertiary/aromatic N) is 1. The molecule has 0 aliphatic carbocycles. The molecule has 0 bridgehead atoms. The monoisotopic (exact) mass is 467 g/mol. The van der Waals surface area contributed by atoms with Crippen LogP contribution in [0.3, 0.4) is 0 Å². The largest absolute Gasteiger partial charge is 0.506 e. The first kappa shape index (κ1) is 24.2. The lowest BCUT2D eigenvalue weighted by molar-refractivity contribution is -0.191. The van der Waals surface area contributed by atoms with E-state index in [0.29, 0.717) is 26.6 Å². The van der Waals surface area contributed by atoms with Gasteiger partial charge in [-0.15, -0.1) is 22.7 Å². The molecule has 0 amide bonds. The van der Waals surface area contributed by atoms with Crippen molar-refractivity contribution in [1.29, 1.82) is 0 Å². The minimum Gasteiger partial charge on any atom is -0.506 e. The molecular weight excluding hydrogens is 451 g/mol. The summed E-state index contributed by atoms with van der Waals surface area (Å²) < 4.78 is 38.1. The standard InChI is InChI=1S/C20H16F3NO2S2.CO2/c1-11-3-8-17(28-11)16(25)9-24-12(2)15-10-27-19(18(15)26)13-4-6-14(7-5-13)20(21,22)23;2-1-3/h3-8,10,26H,9H2,1-2H3;. The first-order valence-electron chi connectivity index (χ1n) is 8.67. The molecule has 1 aromatic carbocycles. The highest BCUT2D eigenvalue weighted by atomic mass is 32.1. The quantitative estimate of drug-likeness (QED) is 0.390. The Morgan fingerprint density at radius 3 is 2.26 bits per heavy atom. The third-order valence-corrected chi connectivity index (χ3v) is 6.16. The van der Waals surface area contributed by atoms with E-state index < -0.39 is 11.7 Å². The summed E-state index contributed by atoms with van der Waals surface area (Å²) in [5.41, 5.74) is 0.705. The zero-order valence-electron chi connectivity index (χ0n) is 16.3. The number of carbonyl (C=O) groups excluding carboxylic acids is 3. The van der Waals surface area contributed by atoms with Gasteiger partial charge in [-0.1, -0.05) is 12.1 Å². The minimum atomic E-state index is -4.40. The normalized spacial score (nSPS) is 11.5. The van der Waals surface area contributed by atoms with Crippen LogP contribution in [0.15, 0.2) is 46.8 Å². The molecule has 3 aromatic rings. The molecule has 0 saturated heterocycles. The number of benzene rings is 1.